The van der Waals surface area contributed by atoms with Crippen LogP contribution in [0, 0.1) is 6.92 Å². The number of ether oxygens (including phenoxy) is 1. The number of likely N-dealkylation sites (N-methyl/N-ethyl adjacent to an activating group) is 1. The minimum absolute atomic E-state index is 0.0514. The lowest BCUT2D eigenvalue weighted by Gasteiger charge is -2.18. The molecule has 1 aromatic rings. The molecule has 1 atom stereocenters. The van der Waals surface area contributed by atoms with E-state index in [1.54, 1.807) is 30.8 Å². The average Bonchev–Trinajstić information content (AvgIpc) is 2.58. The molecule has 1 rings (SSSR count). The van der Waals surface area contributed by atoms with Crippen LogP contribution in [0.25, 0.3) is 0 Å². The highest BCUT2D eigenvalue weighted by Gasteiger charge is 2.18. The van der Waals surface area contributed by atoms with Crippen LogP contribution >= 0.6 is 0 Å². The molecule has 0 aliphatic rings. The van der Waals surface area contributed by atoms with Gasteiger partial charge in [0.2, 0.25) is 11.8 Å². The number of aryl methyl sites for hydroxylation is 2. The van der Waals surface area contributed by atoms with Crippen molar-refractivity contribution >= 4 is 5.91 Å². The fourth-order valence-corrected chi connectivity index (χ4v) is 1.87. The minimum Gasteiger partial charge on any atom is -0.481 e. The molecule has 6 nitrogen and oxygen atoms in total. The number of nitrogens with one attached hydrogen (secondary N) is 1. The zero-order valence-electron chi connectivity index (χ0n) is 11.9. The first-order chi connectivity index (χ1) is 8.38. The van der Waals surface area contributed by atoms with Crippen molar-refractivity contribution in [2.75, 3.05) is 21.2 Å². The molecule has 0 saturated carbocycles. The predicted octanol–water partition coefficient (Wildman–Crippen LogP) is 0.303. The summed E-state index contributed by atoms with van der Waals surface area (Å²) in [5.41, 5.74) is 1.89. The van der Waals surface area contributed by atoms with E-state index in [-0.39, 0.29) is 11.9 Å². The zero-order valence-corrected chi connectivity index (χ0v) is 11.9. The van der Waals surface area contributed by atoms with Crippen molar-refractivity contribution < 1.29 is 9.53 Å². The smallest absolute Gasteiger partial charge is 0.238 e. The highest BCUT2D eigenvalue weighted by Crippen LogP contribution is 2.20. The normalized spacial score (nSPS) is 12.3. The maximum absolute atomic E-state index is 11.7. The maximum Gasteiger partial charge on any atom is 0.238 e. The highest BCUT2D eigenvalue weighted by molar-refractivity contribution is 5.80. The Kier molecular flexibility index (Phi) is 4.72. The van der Waals surface area contributed by atoms with Crippen molar-refractivity contribution in [3.8, 4) is 5.88 Å². The van der Waals surface area contributed by atoms with Gasteiger partial charge in [-0.2, -0.15) is 5.10 Å². The molecular weight excluding hydrogens is 232 g/mol. The van der Waals surface area contributed by atoms with E-state index in [1.165, 1.54) is 0 Å². The largest absolute Gasteiger partial charge is 0.481 e. The molecule has 0 fully saturated rings. The quantitative estimate of drug-likeness (QED) is 0.821. The van der Waals surface area contributed by atoms with Gasteiger partial charge in [-0.25, -0.2) is 4.68 Å². The Labute approximate surface area is 108 Å². The first-order valence-corrected chi connectivity index (χ1v) is 5.89. The summed E-state index contributed by atoms with van der Waals surface area (Å²) in [6, 6.07) is -0.232. The van der Waals surface area contributed by atoms with E-state index in [0.717, 1.165) is 17.1 Å². The molecule has 102 valence electrons. The van der Waals surface area contributed by atoms with Crippen molar-refractivity contribution in [1.29, 1.82) is 0 Å². The van der Waals surface area contributed by atoms with Gasteiger partial charge in [-0.15, -0.1) is 0 Å². The summed E-state index contributed by atoms with van der Waals surface area (Å²) in [5, 5.41) is 7.48. The number of carbonyl (C=O) groups is 1. The maximum atomic E-state index is 11.7. The van der Waals surface area contributed by atoms with E-state index in [2.05, 4.69) is 10.4 Å². The molecule has 18 heavy (non-hydrogen) atoms. The first-order valence-electron chi connectivity index (χ1n) is 5.89. The molecule has 0 saturated heterocycles. The number of nitrogens with zero attached hydrogens (tertiary/aromatic N) is 3. The SMILES string of the molecule is COc1c(CN[C@@H](C)C(=O)N(C)C)c(C)nn1C. The number of hydrogen-bond donors (Lipinski definition) is 1. The second-order valence-electron chi connectivity index (χ2n) is 4.53. The van der Waals surface area contributed by atoms with Crippen molar-refractivity contribution in [3.05, 3.63) is 11.3 Å². The highest BCUT2D eigenvalue weighted by atomic mass is 16.5. The topological polar surface area (TPSA) is 59.4 Å². The number of aromatic nitrogens is 2. The molecule has 0 aliphatic carbocycles. The van der Waals surface area contributed by atoms with Gasteiger partial charge < -0.3 is 15.0 Å². The lowest BCUT2D eigenvalue weighted by atomic mass is 10.2. The van der Waals surface area contributed by atoms with Crippen LogP contribution in [0.2, 0.25) is 0 Å². The Hall–Kier alpha value is -1.56. The fraction of sp³-hybridized carbons (Fsp3) is 0.667. The van der Waals surface area contributed by atoms with Crippen LogP contribution < -0.4 is 10.1 Å². The standard InChI is InChI=1S/C12H22N4O2/c1-8-10(12(18-6)16(5)14-8)7-13-9(2)11(17)15(3)4/h9,13H,7H2,1-6H3/t9-/m0/s1. The molecule has 1 heterocycles. The van der Waals surface area contributed by atoms with Gasteiger partial charge in [-0.3, -0.25) is 4.79 Å². The molecule has 0 unspecified atom stereocenters. The van der Waals surface area contributed by atoms with Crippen LogP contribution in [0.1, 0.15) is 18.2 Å². The second-order valence-corrected chi connectivity index (χ2v) is 4.53. The first kappa shape index (κ1) is 14.5. The van der Waals surface area contributed by atoms with Gasteiger partial charge >= 0.3 is 0 Å². The monoisotopic (exact) mass is 254 g/mol. The van der Waals surface area contributed by atoms with Crippen molar-refractivity contribution in [2.45, 2.75) is 26.4 Å². The molecular formula is C12H22N4O2. The lowest BCUT2D eigenvalue weighted by Crippen LogP contribution is -2.41. The Morgan fingerprint density at radius 3 is 2.67 bits per heavy atom. The van der Waals surface area contributed by atoms with Crippen molar-refractivity contribution in [2.24, 2.45) is 7.05 Å². The van der Waals surface area contributed by atoms with Crippen LogP contribution in [-0.2, 0) is 18.4 Å². The Bertz CT molecular complexity index is 426. The Balaban J connectivity index is 2.72. The van der Waals surface area contributed by atoms with Crippen LogP contribution in [0.4, 0.5) is 0 Å². The summed E-state index contributed by atoms with van der Waals surface area (Å²) in [5.74, 6) is 0.778. The van der Waals surface area contributed by atoms with Gasteiger partial charge in [-0.05, 0) is 13.8 Å². The fourth-order valence-electron chi connectivity index (χ4n) is 1.87. The molecule has 1 N–H and O–H groups in total. The van der Waals surface area contributed by atoms with E-state index in [4.69, 9.17) is 4.74 Å². The predicted molar refractivity (Wildman–Crippen MR) is 69.5 cm³/mol. The molecule has 0 radical (unpaired) electrons. The van der Waals surface area contributed by atoms with Gasteiger partial charge in [0.25, 0.3) is 0 Å². The summed E-state index contributed by atoms with van der Waals surface area (Å²) < 4.78 is 7.00. The van der Waals surface area contributed by atoms with Crippen LogP contribution in [0.5, 0.6) is 5.88 Å². The molecule has 0 aliphatic heterocycles. The van der Waals surface area contributed by atoms with Gasteiger partial charge in [0.15, 0.2) is 0 Å². The molecule has 6 heteroatoms. The molecule has 0 spiro atoms. The third-order valence-electron chi connectivity index (χ3n) is 2.88. The van der Waals surface area contributed by atoms with Gasteiger partial charge in [0, 0.05) is 27.7 Å². The summed E-state index contributed by atoms with van der Waals surface area (Å²) >= 11 is 0. The van der Waals surface area contributed by atoms with E-state index in [0.29, 0.717) is 6.54 Å². The molecule has 1 amide bonds. The third-order valence-corrected chi connectivity index (χ3v) is 2.88. The van der Waals surface area contributed by atoms with E-state index >= 15 is 0 Å². The molecule has 0 bridgehead atoms. The average molecular weight is 254 g/mol. The summed E-state index contributed by atoms with van der Waals surface area (Å²) in [4.78, 5) is 13.3. The number of carbonyl (C=O) groups excluding carboxylic acids is 1. The zero-order chi connectivity index (χ0) is 13.9. The number of hydrogen-bond acceptors (Lipinski definition) is 4. The van der Waals surface area contributed by atoms with Crippen LogP contribution in [-0.4, -0.2) is 47.8 Å². The summed E-state index contributed by atoms with van der Waals surface area (Å²) in [6.45, 7) is 4.34. The molecule has 0 aromatic carbocycles. The lowest BCUT2D eigenvalue weighted by molar-refractivity contribution is -0.130. The Morgan fingerprint density at radius 1 is 1.56 bits per heavy atom. The van der Waals surface area contributed by atoms with Crippen molar-refractivity contribution in [3.63, 3.8) is 0 Å². The van der Waals surface area contributed by atoms with E-state index in [9.17, 15) is 4.79 Å². The molecule has 1 aromatic heterocycles. The van der Waals surface area contributed by atoms with Gasteiger partial charge in [-0.1, -0.05) is 0 Å². The summed E-state index contributed by atoms with van der Waals surface area (Å²) in [7, 11) is 6.95. The van der Waals surface area contributed by atoms with E-state index < -0.39 is 0 Å². The second kappa shape index (κ2) is 5.86. The number of rotatable bonds is 5. The number of methoxy groups -OCH3 is 1. The van der Waals surface area contributed by atoms with Crippen molar-refractivity contribution in [1.82, 2.24) is 20.0 Å². The van der Waals surface area contributed by atoms with Gasteiger partial charge in [0.05, 0.1) is 24.4 Å². The third kappa shape index (κ3) is 3.01. The van der Waals surface area contributed by atoms with Gasteiger partial charge in [0.1, 0.15) is 0 Å². The number of amides is 1. The van der Waals surface area contributed by atoms with E-state index in [1.807, 2.05) is 20.9 Å². The minimum atomic E-state index is -0.232. The summed E-state index contributed by atoms with van der Waals surface area (Å²) in [6.07, 6.45) is 0. The Morgan fingerprint density at radius 2 is 2.17 bits per heavy atom. The van der Waals surface area contributed by atoms with Crippen LogP contribution in [0.15, 0.2) is 0 Å². The van der Waals surface area contributed by atoms with Crippen LogP contribution in [0.3, 0.4) is 0 Å².